The lowest BCUT2D eigenvalue weighted by molar-refractivity contribution is 0.112. The van der Waals surface area contributed by atoms with Crippen LogP contribution >= 0.6 is 15.9 Å². The van der Waals surface area contributed by atoms with Gasteiger partial charge in [-0.15, -0.1) is 5.92 Å². The maximum absolute atomic E-state index is 10.7. The highest BCUT2D eigenvalue weighted by molar-refractivity contribution is 9.10. The van der Waals surface area contributed by atoms with Gasteiger partial charge in [-0.1, -0.05) is 5.92 Å². The van der Waals surface area contributed by atoms with E-state index in [1.165, 1.54) is 0 Å². The van der Waals surface area contributed by atoms with Crippen molar-refractivity contribution in [2.24, 2.45) is 0 Å². The summed E-state index contributed by atoms with van der Waals surface area (Å²) in [5.74, 6) is 6.66. The fourth-order valence-corrected chi connectivity index (χ4v) is 1.81. The van der Waals surface area contributed by atoms with Crippen molar-refractivity contribution in [3.05, 3.63) is 22.2 Å². The number of halogens is 1. The minimum absolute atomic E-state index is 0.287. The summed E-state index contributed by atoms with van der Waals surface area (Å²) in [6.45, 7) is 4.41. The quantitative estimate of drug-likeness (QED) is 0.619. The summed E-state index contributed by atoms with van der Waals surface area (Å²) in [5.41, 5.74) is 0.536. The van der Waals surface area contributed by atoms with Gasteiger partial charge in [-0.2, -0.15) is 0 Å². The van der Waals surface area contributed by atoms with Crippen LogP contribution in [-0.2, 0) is 0 Å². The minimum atomic E-state index is 0.287. The van der Waals surface area contributed by atoms with Crippen molar-refractivity contribution in [2.75, 3.05) is 13.2 Å². The van der Waals surface area contributed by atoms with Crippen molar-refractivity contribution in [1.82, 2.24) is 0 Å². The van der Waals surface area contributed by atoms with E-state index in [1.54, 1.807) is 19.1 Å². The predicted octanol–water partition coefficient (Wildman–Crippen LogP) is 3.06. The molecular formula is C13H13BrO3. The van der Waals surface area contributed by atoms with Gasteiger partial charge in [0.1, 0.15) is 12.9 Å². The van der Waals surface area contributed by atoms with Crippen LogP contribution in [0.5, 0.6) is 11.5 Å². The third kappa shape index (κ3) is 3.79. The van der Waals surface area contributed by atoms with Crippen LogP contribution in [0.15, 0.2) is 16.6 Å². The normalized spacial score (nSPS) is 9.12. The number of carbonyl (C=O) groups is 1. The Morgan fingerprint density at radius 2 is 2.18 bits per heavy atom. The first-order valence-electron chi connectivity index (χ1n) is 5.16. The highest BCUT2D eigenvalue weighted by atomic mass is 79.9. The number of carbonyl (C=O) groups excluding carboxylic acids is 1. The highest BCUT2D eigenvalue weighted by Crippen LogP contribution is 2.36. The zero-order chi connectivity index (χ0) is 12.7. The largest absolute Gasteiger partial charge is 0.490 e. The average molecular weight is 297 g/mol. The molecule has 1 aromatic rings. The maximum atomic E-state index is 10.7. The van der Waals surface area contributed by atoms with Crippen molar-refractivity contribution in [1.29, 1.82) is 0 Å². The van der Waals surface area contributed by atoms with Crippen molar-refractivity contribution in [2.45, 2.75) is 13.8 Å². The molecule has 0 aromatic heterocycles. The first-order valence-corrected chi connectivity index (χ1v) is 5.96. The number of ether oxygens (including phenoxy) is 2. The second-order valence-corrected chi connectivity index (χ2v) is 3.95. The monoisotopic (exact) mass is 296 g/mol. The molecule has 0 aliphatic heterocycles. The molecule has 0 aliphatic carbocycles. The van der Waals surface area contributed by atoms with Gasteiger partial charge in [0.05, 0.1) is 11.1 Å². The molecule has 0 amide bonds. The van der Waals surface area contributed by atoms with E-state index in [2.05, 4.69) is 27.8 Å². The SMILES string of the molecule is CC#CCOc1c(Br)cc(C=O)cc1OCC. The summed E-state index contributed by atoms with van der Waals surface area (Å²) >= 11 is 3.35. The molecule has 0 bridgehead atoms. The van der Waals surface area contributed by atoms with Crippen molar-refractivity contribution < 1.29 is 14.3 Å². The van der Waals surface area contributed by atoms with Gasteiger partial charge in [0, 0.05) is 5.56 Å². The molecular weight excluding hydrogens is 284 g/mol. The van der Waals surface area contributed by atoms with Crippen molar-refractivity contribution in [3.63, 3.8) is 0 Å². The smallest absolute Gasteiger partial charge is 0.176 e. The van der Waals surface area contributed by atoms with Crippen LogP contribution in [0.3, 0.4) is 0 Å². The molecule has 0 unspecified atom stereocenters. The second kappa shape index (κ2) is 6.97. The molecule has 0 radical (unpaired) electrons. The van der Waals surface area contributed by atoms with E-state index in [9.17, 15) is 4.79 Å². The Morgan fingerprint density at radius 3 is 2.76 bits per heavy atom. The Kier molecular flexibility index (Phi) is 5.58. The summed E-state index contributed by atoms with van der Waals surface area (Å²) in [5, 5.41) is 0. The molecule has 0 spiro atoms. The molecule has 3 nitrogen and oxygen atoms in total. The number of benzene rings is 1. The molecule has 17 heavy (non-hydrogen) atoms. The van der Waals surface area contributed by atoms with Gasteiger partial charge in [0.2, 0.25) is 0 Å². The molecule has 0 heterocycles. The molecule has 0 aliphatic rings. The van der Waals surface area contributed by atoms with Crippen LogP contribution in [-0.4, -0.2) is 19.5 Å². The average Bonchev–Trinajstić information content (AvgIpc) is 2.32. The van der Waals surface area contributed by atoms with E-state index in [0.29, 0.717) is 28.1 Å². The van der Waals surface area contributed by atoms with Gasteiger partial charge in [0.25, 0.3) is 0 Å². The van der Waals surface area contributed by atoms with Gasteiger partial charge in [0.15, 0.2) is 11.5 Å². The van der Waals surface area contributed by atoms with Crippen LogP contribution in [0.4, 0.5) is 0 Å². The second-order valence-electron chi connectivity index (χ2n) is 3.10. The maximum Gasteiger partial charge on any atom is 0.176 e. The number of aldehydes is 1. The van der Waals surface area contributed by atoms with Crippen LogP contribution < -0.4 is 9.47 Å². The minimum Gasteiger partial charge on any atom is -0.490 e. The van der Waals surface area contributed by atoms with E-state index in [4.69, 9.17) is 9.47 Å². The molecule has 0 saturated heterocycles. The predicted molar refractivity (Wildman–Crippen MR) is 69.6 cm³/mol. The molecule has 0 saturated carbocycles. The van der Waals surface area contributed by atoms with Crippen LogP contribution in [0.1, 0.15) is 24.2 Å². The van der Waals surface area contributed by atoms with Gasteiger partial charge in [-0.3, -0.25) is 4.79 Å². The first-order chi connectivity index (χ1) is 8.22. The van der Waals surface area contributed by atoms with E-state index in [0.717, 1.165) is 6.29 Å². The van der Waals surface area contributed by atoms with Crippen LogP contribution in [0, 0.1) is 11.8 Å². The highest BCUT2D eigenvalue weighted by Gasteiger charge is 2.11. The van der Waals surface area contributed by atoms with Crippen LogP contribution in [0.2, 0.25) is 0 Å². The third-order valence-electron chi connectivity index (χ3n) is 1.93. The molecule has 90 valence electrons. The Balaban J connectivity index is 3.05. The Hall–Kier alpha value is -1.47. The van der Waals surface area contributed by atoms with Gasteiger partial charge < -0.3 is 9.47 Å². The molecule has 0 atom stereocenters. The third-order valence-corrected chi connectivity index (χ3v) is 2.52. The summed E-state index contributed by atoms with van der Waals surface area (Å²) in [6, 6.07) is 3.33. The lowest BCUT2D eigenvalue weighted by atomic mass is 10.2. The lowest BCUT2D eigenvalue weighted by Gasteiger charge is -2.12. The summed E-state index contributed by atoms with van der Waals surface area (Å²) in [6.07, 6.45) is 0.767. The molecule has 0 N–H and O–H groups in total. The number of rotatable bonds is 5. The number of hydrogen-bond donors (Lipinski definition) is 0. The Labute approximate surface area is 109 Å². The Morgan fingerprint density at radius 1 is 1.41 bits per heavy atom. The van der Waals surface area contributed by atoms with Crippen LogP contribution in [0.25, 0.3) is 0 Å². The molecule has 4 heteroatoms. The number of hydrogen-bond acceptors (Lipinski definition) is 3. The summed E-state index contributed by atoms with van der Waals surface area (Å²) in [4.78, 5) is 10.7. The van der Waals surface area contributed by atoms with Gasteiger partial charge >= 0.3 is 0 Å². The van der Waals surface area contributed by atoms with Crippen molar-refractivity contribution >= 4 is 22.2 Å². The van der Waals surface area contributed by atoms with Gasteiger partial charge in [-0.05, 0) is 41.9 Å². The van der Waals surface area contributed by atoms with E-state index >= 15 is 0 Å². The zero-order valence-corrected chi connectivity index (χ0v) is 11.3. The van der Waals surface area contributed by atoms with E-state index < -0.39 is 0 Å². The first kappa shape index (κ1) is 13.6. The van der Waals surface area contributed by atoms with E-state index in [-0.39, 0.29) is 6.61 Å². The zero-order valence-electron chi connectivity index (χ0n) is 9.75. The standard InChI is InChI=1S/C13H13BrO3/c1-3-5-6-17-13-11(14)7-10(9-15)8-12(13)16-4-2/h7-9H,4,6H2,1-2H3. The lowest BCUT2D eigenvalue weighted by Crippen LogP contribution is -2.01. The summed E-state index contributed by atoms with van der Waals surface area (Å²) in [7, 11) is 0. The van der Waals surface area contributed by atoms with Crippen molar-refractivity contribution in [3.8, 4) is 23.3 Å². The fraction of sp³-hybridized carbons (Fsp3) is 0.308. The molecule has 0 fully saturated rings. The summed E-state index contributed by atoms with van der Waals surface area (Å²) < 4.78 is 11.6. The fourth-order valence-electron chi connectivity index (χ4n) is 1.24. The topological polar surface area (TPSA) is 35.5 Å². The Bertz CT molecular complexity index is 458. The molecule has 1 aromatic carbocycles. The van der Waals surface area contributed by atoms with E-state index in [1.807, 2.05) is 6.92 Å². The molecule has 1 rings (SSSR count). The van der Waals surface area contributed by atoms with Gasteiger partial charge in [-0.25, -0.2) is 0 Å².